The molecular formula is C29H35BF2N4O3. The van der Waals surface area contributed by atoms with Crippen molar-refractivity contribution in [3.63, 3.8) is 0 Å². The Labute approximate surface area is 226 Å². The van der Waals surface area contributed by atoms with E-state index in [2.05, 4.69) is 24.0 Å². The first-order chi connectivity index (χ1) is 18.7. The lowest BCUT2D eigenvalue weighted by atomic mass is 9.97. The Bertz CT molecular complexity index is 1540. The molecule has 1 aromatic carbocycles. The summed E-state index contributed by atoms with van der Waals surface area (Å²) in [7, 11) is -2.69. The van der Waals surface area contributed by atoms with Crippen molar-refractivity contribution in [2.24, 2.45) is 10.9 Å². The molecule has 0 saturated heterocycles. The van der Waals surface area contributed by atoms with Crippen LogP contribution in [0.1, 0.15) is 74.9 Å². The number of benzene rings is 1. The first-order valence-electron chi connectivity index (χ1n) is 13.6. The van der Waals surface area contributed by atoms with Crippen molar-refractivity contribution in [3.05, 3.63) is 85.0 Å². The summed E-state index contributed by atoms with van der Waals surface area (Å²) in [5.41, 5.74) is 2.31. The highest BCUT2D eigenvalue weighted by molar-refractivity contribution is 6.41. The summed E-state index contributed by atoms with van der Waals surface area (Å²) in [6, 6.07) is 6.64. The van der Waals surface area contributed by atoms with Gasteiger partial charge in [-0.3, -0.25) is 28.4 Å². The fraction of sp³-hybridized carbons (Fsp3) is 0.414. The smallest absolute Gasteiger partial charge is 0.491 e. The van der Waals surface area contributed by atoms with Crippen molar-refractivity contribution < 1.29 is 13.4 Å². The van der Waals surface area contributed by atoms with E-state index in [1.54, 1.807) is 50.3 Å². The van der Waals surface area contributed by atoms with Crippen LogP contribution in [0, 0.1) is 19.8 Å². The molecule has 0 radical (unpaired) electrons. The first kappa shape index (κ1) is 28.3. The van der Waals surface area contributed by atoms with Crippen molar-refractivity contribution in [1.82, 2.24) is 14.7 Å². The number of aromatic nitrogens is 3. The van der Waals surface area contributed by atoms with E-state index < -0.39 is 18.5 Å². The second-order valence-corrected chi connectivity index (χ2v) is 10.2. The highest BCUT2D eigenvalue weighted by atomic mass is 19.2. The van der Waals surface area contributed by atoms with E-state index in [0.29, 0.717) is 52.2 Å². The summed E-state index contributed by atoms with van der Waals surface area (Å²) in [6.07, 6.45) is 9.99. The second kappa shape index (κ2) is 12.4. The average Bonchev–Trinajstić information content (AvgIpc) is 3.45. The van der Waals surface area contributed by atoms with E-state index in [9.17, 15) is 18.2 Å². The molecule has 0 unspecified atom stereocenters. The summed E-state index contributed by atoms with van der Waals surface area (Å²) in [5, 5.41) is 5.18. The third-order valence-electron chi connectivity index (χ3n) is 7.20. The average molecular weight is 536 g/mol. The highest BCUT2D eigenvalue weighted by Gasteiger charge is 2.26. The Balaban J connectivity index is 1.75. The van der Waals surface area contributed by atoms with Crippen LogP contribution in [0.3, 0.4) is 0 Å². The van der Waals surface area contributed by atoms with Gasteiger partial charge in [0.25, 0.3) is 11.1 Å². The minimum Gasteiger partial charge on any atom is -0.491 e. The topological polar surface area (TPSA) is 92.2 Å². The lowest BCUT2D eigenvalue weighted by molar-refractivity contribution is 0.158. The second-order valence-electron chi connectivity index (χ2n) is 10.2. The maximum Gasteiger partial charge on any atom is 0.677 e. The van der Waals surface area contributed by atoms with E-state index in [4.69, 9.17) is 9.73 Å². The number of nitrogens with one attached hydrogen (secondary N) is 2. The van der Waals surface area contributed by atoms with Gasteiger partial charge in [0, 0.05) is 23.0 Å². The Morgan fingerprint density at radius 2 is 1.69 bits per heavy atom. The van der Waals surface area contributed by atoms with Crippen LogP contribution in [0.15, 0.2) is 56.4 Å². The van der Waals surface area contributed by atoms with Crippen LogP contribution in [0.25, 0.3) is 16.8 Å². The van der Waals surface area contributed by atoms with Crippen LogP contribution < -0.4 is 11.1 Å². The number of allylic oxidation sites excluding steroid dienone is 1. The molecule has 10 heteroatoms. The standard InChI is InChI=1S/C29H35BF2N4O3/c1-5-7-9-20(10-8-6-2)17-39-27-16-24(21-11-12-22-23(14-21)29(38)35-34-28(22)37)33-25(27)15-26-18(3)13-19(4)36(26)30(31)32/h11-16,20H,5-10,17H2,1-4H3,(H,34,37)(H,35,38)/b25-15-. The lowest BCUT2D eigenvalue weighted by Crippen LogP contribution is -2.19. The first-order valence-corrected chi connectivity index (χ1v) is 13.6. The van der Waals surface area contributed by atoms with Gasteiger partial charge in [-0.25, -0.2) is 4.99 Å². The predicted octanol–water partition coefficient (Wildman–Crippen LogP) is 6.15. The third-order valence-corrected chi connectivity index (χ3v) is 7.20. The molecule has 3 heterocycles. The molecule has 0 fully saturated rings. The number of unbranched alkanes of at least 4 members (excludes halogenated alkanes) is 2. The zero-order chi connectivity index (χ0) is 28.1. The summed E-state index contributed by atoms with van der Waals surface area (Å²) >= 11 is 0. The van der Waals surface area contributed by atoms with Crippen LogP contribution in [-0.2, 0) is 4.74 Å². The van der Waals surface area contributed by atoms with Crippen LogP contribution >= 0.6 is 0 Å². The van der Waals surface area contributed by atoms with Gasteiger partial charge in [-0.05, 0) is 62.4 Å². The van der Waals surface area contributed by atoms with E-state index >= 15 is 0 Å². The van der Waals surface area contributed by atoms with Gasteiger partial charge in [0.05, 0.1) is 23.1 Å². The number of halogens is 2. The van der Waals surface area contributed by atoms with E-state index in [1.165, 1.54) is 0 Å². The number of hydrogen-bond donors (Lipinski definition) is 2. The van der Waals surface area contributed by atoms with Crippen LogP contribution in [0.2, 0.25) is 0 Å². The van der Waals surface area contributed by atoms with Gasteiger partial charge in [0.2, 0.25) is 0 Å². The highest BCUT2D eigenvalue weighted by Crippen LogP contribution is 2.30. The number of aryl methyl sites for hydroxylation is 2. The maximum atomic E-state index is 13.9. The van der Waals surface area contributed by atoms with E-state index in [0.717, 1.165) is 43.0 Å². The Kier molecular flexibility index (Phi) is 9.04. The molecule has 3 aromatic rings. The van der Waals surface area contributed by atoms with Crippen molar-refractivity contribution >= 4 is 30.0 Å². The van der Waals surface area contributed by atoms with E-state index in [-0.39, 0.29) is 10.8 Å². The maximum absolute atomic E-state index is 13.9. The van der Waals surface area contributed by atoms with Crippen molar-refractivity contribution in [1.29, 1.82) is 0 Å². The molecule has 1 aliphatic rings. The summed E-state index contributed by atoms with van der Waals surface area (Å²) in [6.45, 7) is 8.29. The number of aliphatic imine (C=N–C) groups is 1. The molecule has 2 N–H and O–H groups in total. The van der Waals surface area contributed by atoms with Crippen molar-refractivity contribution in [2.45, 2.75) is 66.2 Å². The number of fused-ring (bicyclic) bond motifs is 1. The molecule has 2 aromatic heterocycles. The normalized spacial score (nSPS) is 14.4. The van der Waals surface area contributed by atoms with Gasteiger partial charge in [0.1, 0.15) is 11.5 Å². The number of H-pyrrole nitrogens is 2. The van der Waals surface area contributed by atoms with Crippen LogP contribution in [0.5, 0.6) is 0 Å². The van der Waals surface area contributed by atoms with Gasteiger partial charge in [-0.1, -0.05) is 45.6 Å². The number of hydrogen-bond acceptors (Lipinski definition) is 4. The molecule has 0 spiro atoms. The van der Waals surface area contributed by atoms with Gasteiger partial charge in [-0.2, -0.15) is 0 Å². The minimum absolute atomic E-state index is 0.240. The fourth-order valence-electron chi connectivity index (χ4n) is 5.03. The molecule has 1 aliphatic heterocycles. The number of nitrogens with zero attached hydrogens (tertiary/aromatic N) is 2. The number of rotatable bonds is 12. The van der Waals surface area contributed by atoms with Gasteiger partial charge in [0.15, 0.2) is 0 Å². The summed E-state index contributed by atoms with van der Waals surface area (Å²) < 4.78 is 35.1. The molecule has 0 saturated carbocycles. The SMILES string of the molecule is CCCCC(CCCC)COC1=CC(c2ccc3c(=O)[nH][nH]c(=O)c3c2)=N/C1=C\c1c(C)cc(C)n1B(F)F. The van der Waals surface area contributed by atoms with Crippen LogP contribution in [-0.4, -0.2) is 34.4 Å². The Hall–Kier alpha value is -3.69. The van der Waals surface area contributed by atoms with E-state index in [1.807, 2.05) is 0 Å². The number of ether oxygens (including phenoxy) is 1. The monoisotopic (exact) mass is 536 g/mol. The zero-order valence-electron chi connectivity index (χ0n) is 22.9. The Morgan fingerprint density at radius 1 is 1.03 bits per heavy atom. The number of aromatic amines is 2. The molecular weight excluding hydrogens is 501 g/mol. The van der Waals surface area contributed by atoms with Gasteiger partial charge >= 0.3 is 7.40 Å². The van der Waals surface area contributed by atoms with Crippen molar-refractivity contribution in [2.75, 3.05) is 6.61 Å². The largest absolute Gasteiger partial charge is 0.677 e. The minimum atomic E-state index is -2.69. The molecule has 0 bridgehead atoms. The molecule has 7 nitrogen and oxygen atoms in total. The van der Waals surface area contributed by atoms with Crippen LogP contribution in [0.4, 0.5) is 8.63 Å². The zero-order valence-corrected chi connectivity index (χ0v) is 22.9. The van der Waals surface area contributed by atoms with Crippen molar-refractivity contribution in [3.8, 4) is 0 Å². The molecule has 4 rings (SSSR count). The van der Waals surface area contributed by atoms with Gasteiger partial charge in [-0.15, -0.1) is 0 Å². The summed E-state index contributed by atoms with van der Waals surface area (Å²) in [4.78, 5) is 29.2. The fourth-order valence-corrected chi connectivity index (χ4v) is 5.03. The molecule has 206 valence electrons. The predicted molar refractivity (Wildman–Crippen MR) is 154 cm³/mol. The molecule has 0 amide bonds. The molecule has 0 aliphatic carbocycles. The quantitative estimate of drug-likeness (QED) is 0.272. The molecule has 39 heavy (non-hydrogen) atoms. The lowest BCUT2D eigenvalue weighted by Gasteiger charge is -2.18. The third kappa shape index (κ3) is 6.32. The molecule has 0 atom stereocenters. The Morgan fingerprint density at radius 3 is 2.33 bits per heavy atom. The van der Waals surface area contributed by atoms with Gasteiger partial charge < -0.3 is 9.21 Å². The summed E-state index contributed by atoms with van der Waals surface area (Å²) in [5.74, 6) is 0.887.